The van der Waals surface area contributed by atoms with Crippen molar-refractivity contribution >= 4 is 11.6 Å². The van der Waals surface area contributed by atoms with Gasteiger partial charge in [-0.25, -0.2) is 9.67 Å². The third-order valence-electron chi connectivity index (χ3n) is 3.74. The lowest BCUT2D eigenvalue weighted by atomic mass is 10.0. The molecule has 0 aliphatic carbocycles. The fourth-order valence-corrected chi connectivity index (χ4v) is 2.73. The first-order chi connectivity index (χ1) is 9.72. The van der Waals surface area contributed by atoms with Crippen LogP contribution in [0.1, 0.15) is 18.4 Å². The molecule has 1 fully saturated rings. The lowest BCUT2D eigenvalue weighted by molar-refractivity contribution is 0.205. The Morgan fingerprint density at radius 3 is 2.80 bits per heavy atom. The van der Waals surface area contributed by atoms with Gasteiger partial charge in [0, 0.05) is 17.6 Å². The SMILES string of the molecule is NC1CCN(Cc2ccc(Cl)cc2-n2cncn2)CC1. The van der Waals surface area contributed by atoms with Crippen LogP contribution in [0.15, 0.2) is 30.9 Å². The van der Waals surface area contributed by atoms with E-state index in [9.17, 15) is 0 Å². The van der Waals surface area contributed by atoms with Gasteiger partial charge in [0.05, 0.1) is 5.69 Å². The first kappa shape index (κ1) is 13.5. The molecule has 0 bridgehead atoms. The fraction of sp³-hybridized carbons (Fsp3) is 0.429. The summed E-state index contributed by atoms with van der Waals surface area (Å²) in [6.45, 7) is 2.97. The van der Waals surface area contributed by atoms with Crippen molar-refractivity contribution < 1.29 is 0 Å². The molecule has 0 amide bonds. The van der Waals surface area contributed by atoms with Crippen molar-refractivity contribution in [3.8, 4) is 5.69 Å². The highest BCUT2D eigenvalue weighted by Crippen LogP contribution is 2.22. The van der Waals surface area contributed by atoms with Crippen LogP contribution in [0.2, 0.25) is 5.02 Å². The van der Waals surface area contributed by atoms with Crippen LogP contribution >= 0.6 is 11.6 Å². The zero-order chi connectivity index (χ0) is 13.9. The van der Waals surface area contributed by atoms with Gasteiger partial charge in [-0.05, 0) is 43.6 Å². The maximum absolute atomic E-state index is 6.10. The van der Waals surface area contributed by atoms with Crippen molar-refractivity contribution in [1.82, 2.24) is 19.7 Å². The molecular formula is C14H18ClN5. The molecule has 1 aliphatic rings. The van der Waals surface area contributed by atoms with Crippen LogP contribution in [0.4, 0.5) is 0 Å². The average molecular weight is 292 g/mol. The number of likely N-dealkylation sites (tertiary alicyclic amines) is 1. The Kier molecular flexibility index (Phi) is 4.00. The zero-order valence-corrected chi connectivity index (χ0v) is 12.0. The Labute approximate surface area is 123 Å². The van der Waals surface area contributed by atoms with Gasteiger partial charge in [0.15, 0.2) is 0 Å². The summed E-state index contributed by atoms with van der Waals surface area (Å²) in [6.07, 6.45) is 5.35. The quantitative estimate of drug-likeness (QED) is 0.937. The third kappa shape index (κ3) is 3.00. The smallest absolute Gasteiger partial charge is 0.138 e. The summed E-state index contributed by atoms with van der Waals surface area (Å²) < 4.78 is 1.76. The standard InChI is InChI=1S/C14H18ClN5/c15-12-2-1-11(8-19-5-3-13(16)4-6-19)14(7-12)20-10-17-9-18-20/h1-2,7,9-10,13H,3-6,8,16H2. The maximum atomic E-state index is 6.10. The lowest BCUT2D eigenvalue weighted by Crippen LogP contribution is -2.39. The molecule has 0 radical (unpaired) electrons. The van der Waals surface area contributed by atoms with E-state index in [-0.39, 0.29) is 0 Å². The van der Waals surface area contributed by atoms with E-state index in [0.717, 1.165) is 38.2 Å². The van der Waals surface area contributed by atoms with Crippen molar-refractivity contribution in [2.45, 2.75) is 25.4 Å². The number of hydrogen-bond donors (Lipinski definition) is 1. The van der Waals surface area contributed by atoms with Crippen molar-refractivity contribution in [3.63, 3.8) is 0 Å². The predicted molar refractivity (Wildman–Crippen MR) is 78.9 cm³/mol. The van der Waals surface area contributed by atoms with E-state index < -0.39 is 0 Å². The molecule has 2 N–H and O–H groups in total. The van der Waals surface area contributed by atoms with Gasteiger partial charge >= 0.3 is 0 Å². The molecule has 0 saturated carbocycles. The number of rotatable bonds is 3. The normalized spacial score (nSPS) is 17.5. The Morgan fingerprint density at radius 2 is 2.10 bits per heavy atom. The molecule has 2 heterocycles. The molecule has 0 spiro atoms. The van der Waals surface area contributed by atoms with E-state index in [4.69, 9.17) is 17.3 Å². The Hall–Kier alpha value is -1.43. The molecule has 0 unspecified atom stereocenters. The molecule has 1 aromatic carbocycles. The number of aromatic nitrogens is 3. The Bertz CT molecular complexity index is 561. The van der Waals surface area contributed by atoms with Crippen LogP contribution in [-0.4, -0.2) is 38.8 Å². The zero-order valence-electron chi connectivity index (χ0n) is 11.2. The summed E-state index contributed by atoms with van der Waals surface area (Å²) in [7, 11) is 0. The molecule has 106 valence electrons. The van der Waals surface area contributed by atoms with Gasteiger partial charge in [-0.3, -0.25) is 4.90 Å². The minimum atomic E-state index is 0.353. The predicted octanol–water partition coefficient (Wildman–Crippen LogP) is 1.84. The Morgan fingerprint density at radius 1 is 1.30 bits per heavy atom. The number of benzene rings is 1. The minimum Gasteiger partial charge on any atom is -0.328 e. The second kappa shape index (κ2) is 5.91. The first-order valence-electron chi connectivity index (χ1n) is 6.84. The van der Waals surface area contributed by atoms with Crippen LogP contribution in [0, 0.1) is 0 Å². The van der Waals surface area contributed by atoms with Gasteiger partial charge in [0.25, 0.3) is 0 Å². The number of nitrogens with zero attached hydrogens (tertiary/aromatic N) is 4. The highest BCUT2D eigenvalue weighted by atomic mass is 35.5. The average Bonchev–Trinajstić information content (AvgIpc) is 2.97. The summed E-state index contributed by atoms with van der Waals surface area (Å²) in [5, 5.41) is 4.91. The van der Waals surface area contributed by atoms with E-state index in [1.807, 2.05) is 12.1 Å². The first-order valence-corrected chi connectivity index (χ1v) is 7.21. The van der Waals surface area contributed by atoms with Gasteiger partial charge in [-0.1, -0.05) is 17.7 Å². The molecule has 6 heteroatoms. The van der Waals surface area contributed by atoms with Crippen LogP contribution < -0.4 is 5.73 Å². The van der Waals surface area contributed by atoms with Crippen molar-refractivity contribution in [2.24, 2.45) is 5.73 Å². The molecule has 2 aromatic rings. The second-order valence-corrected chi connectivity index (χ2v) is 5.66. The highest BCUT2D eigenvalue weighted by molar-refractivity contribution is 6.30. The number of nitrogens with two attached hydrogens (primary N) is 1. The Balaban J connectivity index is 1.82. The van der Waals surface area contributed by atoms with Gasteiger partial charge in [0.2, 0.25) is 0 Å². The van der Waals surface area contributed by atoms with Gasteiger partial charge in [0.1, 0.15) is 12.7 Å². The summed E-state index contributed by atoms with van der Waals surface area (Å²) >= 11 is 6.10. The molecule has 20 heavy (non-hydrogen) atoms. The third-order valence-corrected chi connectivity index (χ3v) is 3.97. The largest absolute Gasteiger partial charge is 0.328 e. The summed E-state index contributed by atoms with van der Waals surface area (Å²) in [4.78, 5) is 6.43. The van der Waals surface area contributed by atoms with E-state index in [1.54, 1.807) is 11.0 Å². The van der Waals surface area contributed by atoms with Crippen LogP contribution in [-0.2, 0) is 6.54 Å². The van der Waals surface area contributed by atoms with E-state index >= 15 is 0 Å². The lowest BCUT2D eigenvalue weighted by Gasteiger charge is -2.30. The fourth-order valence-electron chi connectivity index (χ4n) is 2.57. The number of hydrogen-bond acceptors (Lipinski definition) is 4. The summed E-state index contributed by atoms with van der Waals surface area (Å²) in [5.74, 6) is 0. The van der Waals surface area contributed by atoms with Crippen molar-refractivity contribution in [3.05, 3.63) is 41.4 Å². The van der Waals surface area contributed by atoms with Gasteiger partial charge < -0.3 is 5.73 Å². The van der Waals surface area contributed by atoms with Crippen molar-refractivity contribution in [1.29, 1.82) is 0 Å². The molecule has 5 nitrogen and oxygen atoms in total. The monoisotopic (exact) mass is 291 g/mol. The topological polar surface area (TPSA) is 60.0 Å². The minimum absolute atomic E-state index is 0.353. The molecule has 1 aliphatic heterocycles. The van der Waals surface area contributed by atoms with Crippen LogP contribution in [0.5, 0.6) is 0 Å². The molecule has 3 rings (SSSR count). The highest BCUT2D eigenvalue weighted by Gasteiger charge is 2.17. The molecular weight excluding hydrogens is 274 g/mol. The molecule has 0 atom stereocenters. The molecule has 1 saturated heterocycles. The maximum Gasteiger partial charge on any atom is 0.138 e. The van der Waals surface area contributed by atoms with E-state index in [2.05, 4.69) is 21.0 Å². The van der Waals surface area contributed by atoms with E-state index in [0.29, 0.717) is 11.1 Å². The van der Waals surface area contributed by atoms with Gasteiger partial charge in [-0.15, -0.1) is 0 Å². The van der Waals surface area contributed by atoms with Crippen LogP contribution in [0.3, 0.4) is 0 Å². The molecule has 1 aromatic heterocycles. The number of halogens is 1. The number of piperidine rings is 1. The summed E-state index contributed by atoms with van der Waals surface area (Å²) in [6, 6.07) is 6.27. The van der Waals surface area contributed by atoms with Crippen molar-refractivity contribution in [2.75, 3.05) is 13.1 Å². The van der Waals surface area contributed by atoms with Crippen LogP contribution in [0.25, 0.3) is 5.69 Å². The summed E-state index contributed by atoms with van der Waals surface area (Å²) in [5.41, 5.74) is 8.15. The van der Waals surface area contributed by atoms with Gasteiger partial charge in [-0.2, -0.15) is 5.10 Å². The second-order valence-electron chi connectivity index (χ2n) is 5.23. The van der Waals surface area contributed by atoms with E-state index in [1.165, 1.54) is 11.9 Å².